The Kier molecular flexibility index (Phi) is 27.2. The molecule has 0 aromatic heterocycles. The molecular formula is C17H32O12. The first-order valence-corrected chi connectivity index (χ1v) is 9.11. The van der Waals surface area contributed by atoms with Crippen LogP contribution in [0.5, 0.6) is 0 Å². The molecule has 0 aromatic carbocycles. The summed E-state index contributed by atoms with van der Waals surface area (Å²) >= 11 is 0. The third-order valence-corrected chi connectivity index (χ3v) is 2.04. The Hall–Kier alpha value is -2.60. The number of carbonyl (C=O) groups is 4. The molecule has 0 fully saturated rings. The molecule has 0 radical (unpaired) electrons. The molecule has 0 saturated carbocycles. The van der Waals surface area contributed by atoms with Gasteiger partial charge in [0.05, 0.1) is 13.2 Å². The minimum atomic E-state index is -1.03. The summed E-state index contributed by atoms with van der Waals surface area (Å²) in [7, 11) is 0. The molecule has 0 bridgehead atoms. The molecule has 0 aliphatic carbocycles. The first kappa shape index (κ1) is 31.1. The van der Waals surface area contributed by atoms with Crippen LogP contribution >= 0.6 is 0 Å². The molecule has 12 nitrogen and oxygen atoms in total. The van der Waals surface area contributed by atoms with Crippen molar-refractivity contribution in [3.63, 3.8) is 0 Å². The summed E-state index contributed by atoms with van der Waals surface area (Å²) in [6.45, 7) is 5.73. The van der Waals surface area contributed by atoms with E-state index in [0.29, 0.717) is 0 Å². The highest BCUT2D eigenvalue weighted by Gasteiger charge is 2.13. The number of ether oxygens (including phenoxy) is 6. The molecule has 2 N–H and O–H groups in total. The number of aliphatic hydroxyl groups excluding tert-OH is 2. The molecule has 0 aliphatic heterocycles. The van der Waals surface area contributed by atoms with Crippen molar-refractivity contribution in [2.75, 3.05) is 52.9 Å². The van der Waals surface area contributed by atoms with Gasteiger partial charge in [-0.05, 0) is 0 Å². The van der Waals surface area contributed by atoms with Gasteiger partial charge in [-0.1, -0.05) is 27.7 Å². The lowest BCUT2D eigenvalue weighted by atomic mass is 10.4. The van der Waals surface area contributed by atoms with Crippen LogP contribution in [-0.2, 0) is 38.0 Å². The second-order valence-corrected chi connectivity index (χ2v) is 3.96. The van der Waals surface area contributed by atoms with Crippen molar-refractivity contribution >= 4 is 24.2 Å². The van der Waals surface area contributed by atoms with Gasteiger partial charge in [-0.25, -0.2) is 9.59 Å². The molecule has 172 valence electrons. The van der Waals surface area contributed by atoms with Crippen LogP contribution in [0.4, 0.5) is 9.59 Å². The second kappa shape index (κ2) is 25.4. The Bertz CT molecular complexity index is 387. The molecule has 12 heteroatoms. The van der Waals surface area contributed by atoms with Crippen molar-refractivity contribution in [1.29, 1.82) is 0 Å². The summed E-state index contributed by atoms with van der Waals surface area (Å²) in [5.41, 5.74) is 0. The maximum absolute atomic E-state index is 11.3. The quantitative estimate of drug-likeness (QED) is 0.195. The lowest BCUT2D eigenvalue weighted by Crippen LogP contribution is -2.20. The van der Waals surface area contributed by atoms with Crippen molar-refractivity contribution < 1.29 is 57.8 Å². The second-order valence-electron chi connectivity index (χ2n) is 3.96. The van der Waals surface area contributed by atoms with Crippen LogP contribution in [0.2, 0.25) is 0 Å². The summed E-state index contributed by atoms with van der Waals surface area (Å²) in [4.78, 5) is 44.2. The molecule has 0 unspecified atom stereocenters. The maximum Gasteiger partial charge on any atom is 0.508 e. The average Bonchev–Trinajstić information content (AvgIpc) is 2.74. The minimum Gasteiger partial charge on any atom is -0.462 e. The average molecular weight is 428 g/mol. The van der Waals surface area contributed by atoms with Gasteiger partial charge in [0.25, 0.3) is 0 Å². The van der Waals surface area contributed by atoms with Crippen molar-refractivity contribution in [2.24, 2.45) is 0 Å². The normalized spacial score (nSPS) is 8.76. The lowest BCUT2D eigenvalue weighted by molar-refractivity contribution is -0.156. The van der Waals surface area contributed by atoms with E-state index in [0.717, 1.165) is 0 Å². The van der Waals surface area contributed by atoms with Crippen LogP contribution in [0.25, 0.3) is 0 Å². The fourth-order valence-electron chi connectivity index (χ4n) is 1.12. The van der Waals surface area contributed by atoms with Gasteiger partial charge in [0.1, 0.15) is 46.1 Å². The molecule has 0 aromatic rings. The van der Waals surface area contributed by atoms with Crippen molar-refractivity contribution in [2.45, 2.75) is 34.1 Å². The van der Waals surface area contributed by atoms with E-state index < -0.39 is 30.7 Å². The topological polar surface area (TPSA) is 164 Å². The van der Waals surface area contributed by atoms with E-state index in [1.807, 2.05) is 27.7 Å². The third kappa shape index (κ3) is 25.4. The zero-order chi connectivity index (χ0) is 22.9. The number of hydrogen-bond donors (Lipinski definition) is 2. The molecule has 0 atom stereocenters. The Labute approximate surface area is 170 Å². The van der Waals surface area contributed by atoms with E-state index in [-0.39, 0.29) is 52.9 Å². The monoisotopic (exact) mass is 428 g/mol. The van der Waals surface area contributed by atoms with E-state index in [2.05, 4.69) is 28.4 Å². The molecule has 0 amide bonds. The highest BCUT2D eigenvalue weighted by Crippen LogP contribution is 1.93. The van der Waals surface area contributed by atoms with Gasteiger partial charge in [-0.15, -0.1) is 0 Å². The maximum atomic E-state index is 11.3. The standard InChI is InChI=1S/C13H20O12.2C2H6/c14-1-3-22-12(18)24-7-5-20-10(16)9-11(17)21-6-8-25-13(19)23-4-2-15;2*1-2/h14-15H,1-9H2;2*1-2H3. The summed E-state index contributed by atoms with van der Waals surface area (Å²) in [6.07, 6.45) is -2.73. The molecule has 0 rings (SSSR count). The largest absolute Gasteiger partial charge is 0.508 e. The smallest absolute Gasteiger partial charge is 0.462 e. The molecule has 29 heavy (non-hydrogen) atoms. The zero-order valence-corrected chi connectivity index (χ0v) is 17.3. The number of rotatable bonds is 12. The predicted octanol–water partition coefficient (Wildman–Crippen LogP) is 0.806. The van der Waals surface area contributed by atoms with Gasteiger partial charge in [0.2, 0.25) is 0 Å². The van der Waals surface area contributed by atoms with E-state index in [1.54, 1.807) is 0 Å². The Balaban J connectivity index is -0.00000158. The number of esters is 2. The van der Waals surface area contributed by atoms with Crippen LogP contribution < -0.4 is 0 Å². The van der Waals surface area contributed by atoms with Gasteiger partial charge < -0.3 is 38.6 Å². The summed E-state index contributed by atoms with van der Waals surface area (Å²) in [5.74, 6) is -1.80. The van der Waals surface area contributed by atoms with Gasteiger partial charge in [0, 0.05) is 0 Å². The summed E-state index contributed by atoms with van der Waals surface area (Å²) < 4.78 is 26.9. The van der Waals surface area contributed by atoms with Gasteiger partial charge in [-0.3, -0.25) is 9.59 Å². The van der Waals surface area contributed by atoms with E-state index in [9.17, 15) is 19.2 Å². The van der Waals surface area contributed by atoms with Crippen LogP contribution in [0, 0.1) is 0 Å². The summed E-state index contributed by atoms with van der Waals surface area (Å²) in [5, 5.41) is 16.8. The highest BCUT2D eigenvalue weighted by molar-refractivity contribution is 5.91. The van der Waals surface area contributed by atoms with Crippen LogP contribution in [-0.4, -0.2) is 87.3 Å². The fraction of sp³-hybridized carbons (Fsp3) is 0.765. The molecule has 0 saturated heterocycles. The Morgan fingerprint density at radius 2 is 0.793 bits per heavy atom. The SMILES string of the molecule is CC.CC.O=C(CC(=O)OCCOC(=O)OCCO)OCCOC(=O)OCCO. The molecular weight excluding hydrogens is 396 g/mol. The number of hydrogen-bond acceptors (Lipinski definition) is 12. The number of aliphatic hydroxyl groups is 2. The first-order chi connectivity index (χ1) is 14.0. The zero-order valence-electron chi connectivity index (χ0n) is 17.3. The van der Waals surface area contributed by atoms with E-state index in [1.165, 1.54) is 0 Å². The van der Waals surface area contributed by atoms with Crippen molar-refractivity contribution in [3.8, 4) is 0 Å². The predicted molar refractivity (Wildman–Crippen MR) is 98.0 cm³/mol. The Morgan fingerprint density at radius 1 is 0.517 bits per heavy atom. The van der Waals surface area contributed by atoms with Crippen molar-refractivity contribution in [3.05, 3.63) is 0 Å². The van der Waals surface area contributed by atoms with Crippen LogP contribution in [0.3, 0.4) is 0 Å². The van der Waals surface area contributed by atoms with Crippen molar-refractivity contribution in [1.82, 2.24) is 0 Å². The van der Waals surface area contributed by atoms with E-state index in [4.69, 9.17) is 10.2 Å². The van der Waals surface area contributed by atoms with Crippen LogP contribution in [0.15, 0.2) is 0 Å². The van der Waals surface area contributed by atoms with Gasteiger partial charge in [-0.2, -0.15) is 0 Å². The molecule has 0 aliphatic rings. The minimum absolute atomic E-state index is 0.215. The van der Waals surface area contributed by atoms with Crippen LogP contribution in [0.1, 0.15) is 34.1 Å². The van der Waals surface area contributed by atoms with Gasteiger partial charge in [0.15, 0.2) is 0 Å². The van der Waals surface area contributed by atoms with Gasteiger partial charge >= 0.3 is 24.2 Å². The lowest BCUT2D eigenvalue weighted by Gasteiger charge is -2.07. The Morgan fingerprint density at radius 3 is 1.10 bits per heavy atom. The molecule has 0 heterocycles. The highest BCUT2D eigenvalue weighted by atomic mass is 16.7. The third-order valence-electron chi connectivity index (χ3n) is 2.04. The summed E-state index contributed by atoms with van der Waals surface area (Å²) in [6, 6.07) is 0. The van der Waals surface area contributed by atoms with E-state index >= 15 is 0 Å². The number of carbonyl (C=O) groups excluding carboxylic acids is 4. The molecule has 0 spiro atoms. The fourth-order valence-corrected chi connectivity index (χ4v) is 1.12. The first-order valence-electron chi connectivity index (χ1n) is 9.11.